The second kappa shape index (κ2) is 5.81. The summed E-state index contributed by atoms with van der Waals surface area (Å²) in [5.41, 5.74) is 8.25. The van der Waals surface area contributed by atoms with Crippen molar-refractivity contribution >= 4 is 28.4 Å². The molecule has 6 heteroatoms. The van der Waals surface area contributed by atoms with Gasteiger partial charge in [0.2, 0.25) is 0 Å². The first-order valence-electron chi connectivity index (χ1n) is 8.04. The van der Waals surface area contributed by atoms with Gasteiger partial charge in [-0.25, -0.2) is 9.48 Å². The van der Waals surface area contributed by atoms with Crippen LogP contribution in [0.4, 0.5) is 16.3 Å². The number of amides is 1. The molecule has 1 amide bonds. The molecule has 0 radical (unpaired) electrons. The van der Waals surface area contributed by atoms with Gasteiger partial charge in [0, 0.05) is 23.9 Å². The maximum absolute atomic E-state index is 11.5. The van der Waals surface area contributed by atoms with Gasteiger partial charge in [-0.3, -0.25) is 4.90 Å². The Hall–Kier alpha value is -3.02. The number of fused-ring (bicyclic) bond motifs is 1. The second-order valence-electron chi connectivity index (χ2n) is 7.14. The van der Waals surface area contributed by atoms with Crippen LogP contribution in [0, 0.1) is 0 Å². The number of carboxylic acid groups (broad SMARTS) is 1. The van der Waals surface area contributed by atoms with Crippen molar-refractivity contribution in [3.8, 4) is 5.69 Å². The topological polar surface area (TPSA) is 84.4 Å². The lowest BCUT2D eigenvalue weighted by molar-refractivity contribution is 0.203. The molecule has 3 aromatic rings. The summed E-state index contributed by atoms with van der Waals surface area (Å²) in [5, 5.41) is 15.8. The van der Waals surface area contributed by atoms with Crippen molar-refractivity contribution in [1.82, 2.24) is 9.78 Å². The molecule has 0 unspecified atom stereocenters. The molecule has 0 spiro atoms. The lowest BCUT2D eigenvalue weighted by Crippen LogP contribution is -2.24. The fraction of sp³-hybridized carbons (Fsp3) is 0.263. The average molecular weight is 338 g/mol. The molecule has 0 fully saturated rings. The molecular formula is C19H22N4O2. The molecule has 6 nitrogen and oxygen atoms in total. The summed E-state index contributed by atoms with van der Waals surface area (Å²) >= 11 is 0. The van der Waals surface area contributed by atoms with Crippen molar-refractivity contribution in [2.45, 2.75) is 26.2 Å². The highest BCUT2D eigenvalue weighted by molar-refractivity contribution is 6.02. The summed E-state index contributed by atoms with van der Waals surface area (Å²) in [6.07, 6.45) is -1.02. The molecule has 3 N–H and O–H groups in total. The molecule has 0 bridgehead atoms. The van der Waals surface area contributed by atoms with Crippen molar-refractivity contribution in [1.29, 1.82) is 0 Å². The van der Waals surface area contributed by atoms with Gasteiger partial charge in [-0.05, 0) is 17.5 Å². The van der Waals surface area contributed by atoms with Gasteiger partial charge in [-0.2, -0.15) is 5.10 Å². The van der Waals surface area contributed by atoms with Gasteiger partial charge < -0.3 is 10.8 Å². The van der Waals surface area contributed by atoms with Crippen LogP contribution in [0.5, 0.6) is 0 Å². The minimum absolute atomic E-state index is 0.128. The van der Waals surface area contributed by atoms with E-state index in [1.807, 2.05) is 36.4 Å². The standard InChI is InChI=1S/C19H22N4O2/c1-19(2,3)16-11-17(20)23(21-16)13-9-12-7-5-6-8-14(12)15(10-13)22(4)18(24)25/h5-11H,20H2,1-4H3,(H,24,25). The lowest BCUT2D eigenvalue weighted by Gasteiger charge is -2.18. The summed E-state index contributed by atoms with van der Waals surface area (Å²) in [7, 11) is 1.53. The van der Waals surface area contributed by atoms with Gasteiger partial charge in [0.05, 0.1) is 17.1 Å². The fourth-order valence-electron chi connectivity index (χ4n) is 2.75. The molecule has 1 aromatic heterocycles. The van der Waals surface area contributed by atoms with Crippen LogP contribution in [-0.2, 0) is 5.41 Å². The normalized spacial score (nSPS) is 11.7. The molecular weight excluding hydrogens is 316 g/mol. The Bertz CT molecular complexity index is 954. The Morgan fingerprint density at radius 3 is 2.48 bits per heavy atom. The molecule has 0 aliphatic rings. The van der Waals surface area contributed by atoms with Crippen LogP contribution in [-0.4, -0.2) is 28.0 Å². The number of hydrogen-bond donors (Lipinski definition) is 2. The van der Waals surface area contributed by atoms with E-state index in [1.165, 1.54) is 11.9 Å². The number of hydrogen-bond acceptors (Lipinski definition) is 3. The first-order chi connectivity index (χ1) is 11.7. The van der Waals surface area contributed by atoms with Crippen LogP contribution in [0.1, 0.15) is 26.5 Å². The fourth-order valence-corrected chi connectivity index (χ4v) is 2.75. The first-order valence-corrected chi connectivity index (χ1v) is 8.04. The number of anilines is 2. The van der Waals surface area contributed by atoms with Gasteiger partial charge in [-0.1, -0.05) is 45.0 Å². The highest BCUT2D eigenvalue weighted by atomic mass is 16.4. The average Bonchev–Trinajstić information content (AvgIpc) is 2.95. The van der Waals surface area contributed by atoms with Crippen molar-refractivity contribution in [2.75, 3.05) is 17.7 Å². The van der Waals surface area contributed by atoms with Crippen LogP contribution in [0.25, 0.3) is 16.5 Å². The Morgan fingerprint density at radius 1 is 1.20 bits per heavy atom. The van der Waals surface area contributed by atoms with Crippen molar-refractivity contribution < 1.29 is 9.90 Å². The van der Waals surface area contributed by atoms with Gasteiger partial charge in [0.1, 0.15) is 5.82 Å². The number of nitrogens with zero attached hydrogens (tertiary/aromatic N) is 3. The summed E-state index contributed by atoms with van der Waals surface area (Å²) < 4.78 is 1.66. The highest BCUT2D eigenvalue weighted by Gasteiger charge is 2.21. The van der Waals surface area contributed by atoms with E-state index in [1.54, 1.807) is 10.7 Å². The monoisotopic (exact) mass is 338 g/mol. The Morgan fingerprint density at radius 2 is 1.88 bits per heavy atom. The maximum Gasteiger partial charge on any atom is 0.411 e. The van der Waals surface area contributed by atoms with E-state index in [9.17, 15) is 9.90 Å². The summed E-state index contributed by atoms with van der Waals surface area (Å²) in [6.45, 7) is 6.22. The summed E-state index contributed by atoms with van der Waals surface area (Å²) in [6, 6.07) is 13.3. The van der Waals surface area contributed by atoms with E-state index in [4.69, 9.17) is 5.73 Å². The smallest absolute Gasteiger partial charge is 0.411 e. The molecule has 0 saturated heterocycles. The van der Waals surface area contributed by atoms with E-state index in [-0.39, 0.29) is 5.41 Å². The van der Waals surface area contributed by atoms with Crippen molar-refractivity contribution in [3.05, 3.63) is 48.2 Å². The predicted molar refractivity (Wildman–Crippen MR) is 101 cm³/mol. The van der Waals surface area contributed by atoms with E-state index in [2.05, 4.69) is 25.9 Å². The predicted octanol–water partition coefficient (Wildman–Crippen LogP) is 4.02. The van der Waals surface area contributed by atoms with Crippen molar-refractivity contribution in [3.63, 3.8) is 0 Å². The van der Waals surface area contributed by atoms with Crippen LogP contribution < -0.4 is 10.6 Å². The summed E-state index contributed by atoms with van der Waals surface area (Å²) in [5.74, 6) is 0.518. The van der Waals surface area contributed by atoms with Gasteiger partial charge >= 0.3 is 6.09 Å². The lowest BCUT2D eigenvalue weighted by atomic mass is 9.92. The number of nitrogens with two attached hydrogens (primary N) is 1. The number of aromatic nitrogens is 2. The van der Waals surface area contributed by atoms with Crippen LogP contribution >= 0.6 is 0 Å². The van der Waals surface area contributed by atoms with Crippen molar-refractivity contribution in [2.24, 2.45) is 0 Å². The molecule has 1 heterocycles. The molecule has 0 saturated carbocycles. The van der Waals surface area contributed by atoms with Gasteiger partial charge in [-0.15, -0.1) is 0 Å². The van der Waals surface area contributed by atoms with Gasteiger partial charge in [0.15, 0.2) is 0 Å². The van der Waals surface area contributed by atoms with E-state index < -0.39 is 6.09 Å². The number of nitrogen functional groups attached to an aromatic ring is 1. The quantitative estimate of drug-likeness (QED) is 0.739. The third-order valence-electron chi connectivity index (χ3n) is 4.22. The largest absolute Gasteiger partial charge is 0.465 e. The number of benzene rings is 2. The molecule has 0 aliphatic carbocycles. The number of carbonyl (C=O) groups is 1. The zero-order valence-electron chi connectivity index (χ0n) is 14.8. The zero-order valence-corrected chi connectivity index (χ0v) is 14.8. The molecule has 25 heavy (non-hydrogen) atoms. The second-order valence-corrected chi connectivity index (χ2v) is 7.14. The van der Waals surface area contributed by atoms with E-state index in [0.717, 1.165) is 22.2 Å². The zero-order chi connectivity index (χ0) is 18.4. The first kappa shape index (κ1) is 16.8. The molecule has 2 aromatic carbocycles. The van der Waals surface area contributed by atoms with Gasteiger partial charge in [0.25, 0.3) is 0 Å². The number of rotatable bonds is 2. The van der Waals surface area contributed by atoms with Crippen LogP contribution in [0.3, 0.4) is 0 Å². The van der Waals surface area contributed by atoms with E-state index >= 15 is 0 Å². The van der Waals surface area contributed by atoms with E-state index in [0.29, 0.717) is 11.5 Å². The van der Waals surface area contributed by atoms with Crippen LogP contribution in [0.15, 0.2) is 42.5 Å². The molecule has 0 aliphatic heterocycles. The highest BCUT2D eigenvalue weighted by Crippen LogP contribution is 2.32. The molecule has 0 atom stereocenters. The minimum atomic E-state index is -1.02. The third kappa shape index (κ3) is 3.03. The molecule has 3 rings (SSSR count). The Kier molecular flexibility index (Phi) is 3.91. The maximum atomic E-state index is 11.5. The van der Waals surface area contributed by atoms with Crippen LogP contribution in [0.2, 0.25) is 0 Å². The molecule has 130 valence electrons. The summed E-state index contributed by atoms with van der Waals surface area (Å²) in [4.78, 5) is 12.7. The minimum Gasteiger partial charge on any atom is -0.465 e. The Labute approximate surface area is 146 Å². The SMILES string of the molecule is CN(C(=O)O)c1cc(-n2nc(C(C)(C)C)cc2N)cc2ccccc12. The third-order valence-corrected chi connectivity index (χ3v) is 4.22. The Balaban J connectivity index is 2.24.